The molecule has 29 heavy (non-hydrogen) atoms. The van der Waals surface area contributed by atoms with Crippen LogP contribution in [0.1, 0.15) is 37.3 Å². The lowest BCUT2D eigenvalue weighted by molar-refractivity contribution is -0.162. The Morgan fingerprint density at radius 1 is 0.862 bits per heavy atom. The Morgan fingerprint density at radius 3 is 2.03 bits per heavy atom. The van der Waals surface area contributed by atoms with E-state index in [1.54, 1.807) is 9.80 Å². The van der Waals surface area contributed by atoms with Crippen molar-refractivity contribution in [3.8, 4) is 12.3 Å². The van der Waals surface area contributed by atoms with Crippen LogP contribution < -0.4 is 0 Å². The van der Waals surface area contributed by atoms with Gasteiger partial charge in [-0.3, -0.25) is 9.59 Å². The second-order valence-corrected chi connectivity index (χ2v) is 7.49. The van der Waals surface area contributed by atoms with Crippen molar-refractivity contribution >= 4 is 11.8 Å². The highest BCUT2D eigenvalue weighted by molar-refractivity contribution is 5.97. The zero-order chi connectivity index (χ0) is 20.6. The van der Waals surface area contributed by atoms with Gasteiger partial charge in [-0.15, -0.1) is 6.42 Å². The Balaban J connectivity index is 1.95. The van der Waals surface area contributed by atoms with Gasteiger partial charge in [0.15, 0.2) is 0 Å². The Bertz CT molecular complexity index is 857. The van der Waals surface area contributed by atoms with E-state index in [2.05, 4.69) is 12.8 Å². The molecule has 4 heteroatoms. The first-order valence-electron chi connectivity index (χ1n) is 10.3. The maximum Gasteiger partial charge on any atom is 0.247 e. The van der Waals surface area contributed by atoms with Crippen LogP contribution >= 0.6 is 0 Å². The molecule has 4 nitrogen and oxygen atoms in total. The number of hydrogen-bond acceptors (Lipinski definition) is 2. The number of benzene rings is 2. The summed E-state index contributed by atoms with van der Waals surface area (Å²) >= 11 is 0. The molecule has 2 amide bonds. The molecule has 2 aromatic carbocycles. The van der Waals surface area contributed by atoms with E-state index >= 15 is 0 Å². The van der Waals surface area contributed by atoms with Crippen LogP contribution in [0.3, 0.4) is 0 Å². The number of carbonyl (C=O) groups is 2. The minimum absolute atomic E-state index is 0.00177. The quantitative estimate of drug-likeness (QED) is 0.648. The van der Waals surface area contributed by atoms with Gasteiger partial charge in [0.1, 0.15) is 12.1 Å². The van der Waals surface area contributed by atoms with Gasteiger partial charge >= 0.3 is 0 Å². The molecule has 0 aliphatic carbocycles. The van der Waals surface area contributed by atoms with Crippen LogP contribution in [0.25, 0.3) is 0 Å². The first-order chi connectivity index (χ1) is 14.2. The second-order valence-electron chi connectivity index (χ2n) is 7.49. The standard InChI is InChI=1S/C25H28N2O2/c1-3-5-16-22-24(28)27(19-21-14-10-7-11-15-21)23(25(29)26(22)17-4-2)18-20-12-8-6-9-13-20/h2,6-15,22-23H,3,5,16-19H2,1H3/t22-,23-/m0/s1. The van der Waals surface area contributed by atoms with Crippen LogP contribution in [0.2, 0.25) is 0 Å². The predicted octanol–water partition coefficient (Wildman–Crippen LogP) is 3.66. The number of piperazine rings is 1. The average molecular weight is 389 g/mol. The minimum atomic E-state index is -0.545. The number of rotatable bonds is 8. The van der Waals surface area contributed by atoms with Gasteiger partial charge in [-0.2, -0.15) is 0 Å². The molecule has 0 spiro atoms. The summed E-state index contributed by atoms with van der Waals surface area (Å²) in [4.78, 5) is 30.4. The fourth-order valence-electron chi connectivity index (χ4n) is 3.92. The van der Waals surface area contributed by atoms with Gasteiger partial charge in [0, 0.05) is 13.0 Å². The number of nitrogens with zero attached hydrogens (tertiary/aromatic N) is 2. The number of hydrogen-bond donors (Lipinski definition) is 0. The second kappa shape index (κ2) is 9.93. The summed E-state index contributed by atoms with van der Waals surface area (Å²) in [5.74, 6) is 2.52. The van der Waals surface area contributed by atoms with Gasteiger partial charge < -0.3 is 9.80 Å². The minimum Gasteiger partial charge on any atom is -0.324 e. The van der Waals surface area contributed by atoms with Crippen LogP contribution in [0.4, 0.5) is 0 Å². The van der Waals surface area contributed by atoms with E-state index in [1.807, 2.05) is 60.7 Å². The lowest BCUT2D eigenvalue weighted by Gasteiger charge is -2.44. The van der Waals surface area contributed by atoms with E-state index < -0.39 is 12.1 Å². The summed E-state index contributed by atoms with van der Waals surface area (Å²) in [7, 11) is 0. The normalized spacial score (nSPS) is 19.3. The average Bonchev–Trinajstić information content (AvgIpc) is 2.75. The molecule has 3 rings (SSSR count). The summed E-state index contributed by atoms with van der Waals surface area (Å²) in [6, 6.07) is 18.7. The smallest absolute Gasteiger partial charge is 0.247 e. The molecule has 1 fully saturated rings. The van der Waals surface area contributed by atoms with E-state index in [4.69, 9.17) is 6.42 Å². The molecule has 1 aliphatic heterocycles. The Kier molecular flexibility index (Phi) is 7.08. The van der Waals surface area contributed by atoms with Crippen molar-refractivity contribution in [3.63, 3.8) is 0 Å². The molecule has 2 atom stereocenters. The van der Waals surface area contributed by atoms with Gasteiger partial charge in [-0.25, -0.2) is 0 Å². The Morgan fingerprint density at radius 2 is 1.45 bits per heavy atom. The number of carbonyl (C=O) groups excluding carboxylic acids is 2. The zero-order valence-electron chi connectivity index (χ0n) is 17.0. The summed E-state index contributed by atoms with van der Waals surface area (Å²) in [6.45, 7) is 2.68. The van der Waals surface area contributed by atoms with Crippen LogP contribution in [0.15, 0.2) is 60.7 Å². The molecule has 0 aromatic heterocycles. The lowest BCUT2D eigenvalue weighted by Crippen LogP contribution is -2.65. The SMILES string of the molecule is C#CCN1C(=O)[C@H](Cc2ccccc2)N(Cc2ccccc2)C(=O)[C@@H]1CCCC. The summed E-state index contributed by atoms with van der Waals surface area (Å²) < 4.78 is 0. The third-order valence-electron chi connectivity index (χ3n) is 5.45. The number of unbranched alkanes of at least 4 members (excludes halogenated alkanes) is 1. The molecule has 1 aliphatic rings. The van der Waals surface area contributed by atoms with E-state index in [1.165, 1.54) is 0 Å². The van der Waals surface area contributed by atoms with Crippen molar-refractivity contribution in [3.05, 3.63) is 71.8 Å². The largest absolute Gasteiger partial charge is 0.324 e. The maximum absolute atomic E-state index is 13.5. The van der Waals surface area contributed by atoms with E-state index in [9.17, 15) is 9.59 Å². The summed E-state index contributed by atoms with van der Waals surface area (Å²) in [6.07, 6.45) is 8.52. The molecular formula is C25H28N2O2. The van der Waals surface area contributed by atoms with Gasteiger partial charge in [0.2, 0.25) is 11.8 Å². The van der Waals surface area contributed by atoms with Crippen LogP contribution in [0.5, 0.6) is 0 Å². The molecule has 1 saturated heterocycles. The van der Waals surface area contributed by atoms with E-state index in [0.29, 0.717) is 19.4 Å². The van der Waals surface area contributed by atoms with Gasteiger partial charge in [0.25, 0.3) is 0 Å². The van der Waals surface area contributed by atoms with E-state index in [0.717, 1.165) is 24.0 Å². The highest BCUT2D eigenvalue weighted by Crippen LogP contribution is 2.26. The Hall–Kier alpha value is -3.06. The van der Waals surface area contributed by atoms with Crippen LogP contribution in [0, 0.1) is 12.3 Å². The molecule has 2 aromatic rings. The van der Waals surface area contributed by atoms with Crippen molar-refractivity contribution in [1.29, 1.82) is 0 Å². The van der Waals surface area contributed by atoms with Gasteiger partial charge in [-0.1, -0.05) is 86.3 Å². The van der Waals surface area contributed by atoms with Crippen molar-refractivity contribution in [1.82, 2.24) is 9.80 Å². The highest BCUT2D eigenvalue weighted by Gasteiger charge is 2.45. The topological polar surface area (TPSA) is 40.6 Å². The third-order valence-corrected chi connectivity index (χ3v) is 5.45. The van der Waals surface area contributed by atoms with Crippen LogP contribution in [-0.2, 0) is 22.6 Å². The summed E-state index contributed by atoms with van der Waals surface area (Å²) in [5.41, 5.74) is 2.05. The molecule has 150 valence electrons. The third kappa shape index (κ3) is 4.86. The summed E-state index contributed by atoms with van der Waals surface area (Å²) in [5, 5.41) is 0. The fraction of sp³-hybridized carbons (Fsp3) is 0.360. The molecule has 1 heterocycles. The molecule has 0 radical (unpaired) electrons. The van der Waals surface area contributed by atoms with Crippen molar-refractivity contribution in [2.75, 3.05) is 6.54 Å². The number of terminal acetylenes is 1. The van der Waals surface area contributed by atoms with Crippen molar-refractivity contribution < 1.29 is 9.59 Å². The molecule has 0 bridgehead atoms. The first kappa shape index (κ1) is 20.7. The van der Waals surface area contributed by atoms with Gasteiger partial charge in [-0.05, 0) is 17.5 Å². The zero-order valence-corrected chi connectivity index (χ0v) is 17.0. The van der Waals surface area contributed by atoms with E-state index in [-0.39, 0.29) is 18.4 Å². The molecule has 0 saturated carbocycles. The maximum atomic E-state index is 13.5. The van der Waals surface area contributed by atoms with Crippen molar-refractivity contribution in [2.45, 2.75) is 51.2 Å². The first-order valence-corrected chi connectivity index (χ1v) is 10.3. The van der Waals surface area contributed by atoms with Crippen LogP contribution in [-0.4, -0.2) is 40.2 Å². The fourth-order valence-corrected chi connectivity index (χ4v) is 3.92. The number of amides is 2. The molecule has 0 unspecified atom stereocenters. The highest BCUT2D eigenvalue weighted by atomic mass is 16.2. The molecule has 0 N–H and O–H groups in total. The van der Waals surface area contributed by atoms with Gasteiger partial charge in [0.05, 0.1) is 6.54 Å². The predicted molar refractivity (Wildman–Crippen MR) is 115 cm³/mol. The molecular weight excluding hydrogens is 360 g/mol. The lowest BCUT2D eigenvalue weighted by atomic mass is 9.95. The Labute approximate surface area is 173 Å². The van der Waals surface area contributed by atoms with Crippen molar-refractivity contribution in [2.24, 2.45) is 0 Å². The monoisotopic (exact) mass is 388 g/mol.